The lowest BCUT2D eigenvalue weighted by Gasteiger charge is -2.04. The number of hydrogen-bond donors (Lipinski definition) is 2. The van der Waals surface area contributed by atoms with Gasteiger partial charge >= 0.3 is 4.87 Å². The maximum absolute atomic E-state index is 12.4. The lowest BCUT2D eigenvalue weighted by molar-refractivity contribution is -0.112. The van der Waals surface area contributed by atoms with Gasteiger partial charge in [0.1, 0.15) is 10.6 Å². The van der Waals surface area contributed by atoms with E-state index in [2.05, 4.69) is 20.9 Å². The van der Waals surface area contributed by atoms with Crippen molar-refractivity contribution in [2.75, 3.05) is 0 Å². The fourth-order valence-corrected chi connectivity index (χ4v) is 3.97. The van der Waals surface area contributed by atoms with Crippen LogP contribution in [0.4, 0.5) is 0 Å². The standard InChI is InChI=1S/C17H9BrN2O4S/c18-8-1-6-12-11(7-8)13(15(22)19-12)14-16(23)20(17(24)25-14)9-2-4-10(21)5-3-9/h1-7,21,23H. The SMILES string of the molecule is O=C1N=c2ccc(Br)cc2=C1c1sc(=O)n(-c2ccc(O)cc2)c1O. The summed E-state index contributed by atoms with van der Waals surface area (Å²) < 4.78 is 1.86. The highest BCUT2D eigenvalue weighted by atomic mass is 79.9. The van der Waals surface area contributed by atoms with Gasteiger partial charge in [0, 0.05) is 9.69 Å². The summed E-state index contributed by atoms with van der Waals surface area (Å²) in [5.41, 5.74) is 0.591. The Kier molecular flexibility index (Phi) is 3.59. The van der Waals surface area contributed by atoms with Gasteiger partial charge in [-0.2, -0.15) is 0 Å². The minimum Gasteiger partial charge on any atom is -0.508 e. The summed E-state index contributed by atoms with van der Waals surface area (Å²) >= 11 is 4.12. The Labute approximate surface area is 152 Å². The summed E-state index contributed by atoms with van der Waals surface area (Å²) in [7, 11) is 0. The fourth-order valence-electron chi connectivity index (χ4n) is 2.66. The number of phenolic OH excluding ortho intramolecular Hbond substituents is 1. The zero-order valence-corrected chi connectivity index (χ0v) is 14.8. The van der Waals surface area contributed by atoms with Crippen LogP contribution in [-0.2, 0) is 4.79 Å². The predicted molar refractivity (Wildman–Crippen MR) is 95.7 cm³/mol. The number of aromatic hydroxyl groups is 2. The number of phenols is 1. The molecule has 6 nitrogen and oxygen atoms in total. The van der Waals surface area contributed by atoms with Gasteiger partial charge in [0.05, 0.1) is 16.6 Å². The van der Waals surface area contributed by atoms with E-state index in [-0.39, 0.29) is 22.1 Å². The van der Waals surface area contributed by atoms with Crippen molar-refractivity contribution in [3.05, 3.63) is 72.1 Å². The third-order valence-electron chi connectivity index (χ3n) is 3.79. The van der Waals surface area contributed by atoms with Crippen LogP contribution in [0, 0.1) is 0 Å². The minimum absolute atomic E-state index is 0.0460. The Balaban J connectivity index is 2.00. The van der Waals surface area contributed by atoms with E-state index in [1.165, 1.54) is 24.3 Å². The highest BCUT2D eigenvalue weighted by molar-refractivity contribution is 9.10. The summed E-state index contributed by atoms with van der Waals surface area (Å²) in [6.07, 6.45) is 0. The van der Waals surface area contributed by atoms with Crippen molar-refractivity contribution in [1.29, 1.82) is 0 Å². The van der Waals surface area contributed by atoms with Crippen LogP contribution in [0.2, 0.25) is 0 Å². The number of amides is 1. The molecule has 3 aromatic rings. The van der Waals surface area contributed by atoms with Gasteiger partial charge in [0.25, 0.3) is 5.91 Å². The first-order valence-corrected chi connectivity index (χ1v) is 8.74. The smallest absolute Gasteiger partial charge is 0.315 e. The molecule has 0 saturated carbocycles. The monoisotopic (exact) mass is 416 g/mol. The number of carbonyl (C=O) groups is 1. The molecule has 0 spiro atoms. The van der Waals surface area contributed by atoms with E-state index >= 15 is 0 Å². The molecule has 0 fully saturated rings. The van der Waals surface area contributed by atoms with E-state index in [1.807, 2.05) is 0 Å². The molecule has 1 aliphatic heterocycles. The Morgan fingerprint density at radius 2 is 1.76 bits per heavy atom. The number of thiazole rings is 1. The van der Waals surface area contributed by atoms with Gasteiger partial charge < -0.3 is 10.2 Å². The fraction of sp³-hybridized carbons (Fsp3) is 0. The predicted octanol–water partition coefficient (Wildman–Crippen LogP) is 1.43. The lowest BCUT2D eigenvalue weighted by Crippen LogP contribution is -2.22. The van der Waals surface area contributed by atoms with E-state index in [0.717, 1.165) is 20.4 Å². The maximum Gasteiger partial charge on any atom is 0.315 e. The van der Waals surface area contributed by atoms with Gasteiger partial charge in [-0.05, 0) is 42.5 Å². The Bertz CT molecular complexity index is 1210. The molecule has 2 heterocycles. The highest BCUT2D eigenvalue weighted by Crippen LogP contribution is 2.30. The number of nitrogens with zero attached hydrogens (tertiary/aromatic N) is 2. The first kappa shape index (κ1) is 15.8. The molecule has 1 aromatic heterocycles. The molecule has 25 heavy (non-hydrogen) atoms. The third-order valence-corrected chi connectivity index (χ3v) is 5.23. The molecule has 0 radical (unpaired) electrons. The quantitative estimate of drug-likeness (QED) is 0.660. The Hall–Kier alpha value is -2.71. The molecular weight excluding hydrogens is 408 g/mol. The Morgan fingerprint density at radius 1 is 1.04 bits per heavy atom. The molecule has 0 aliphatic carbocycles. The molecule has 4 rings (SSSR count). The molecular formula is C17H9BrN2O4S. The third kappa shape index (κ3) is 2.50. The van der Waals surface area contributed by atoms with Gasteiger partial charge in [-0.25, -0.2) is 9.56 Å². The first-order valence-electron chi connectivity index (χ1n) is 7.13. The van der Waals surface area contributed by atoms with Crippen LogP contribution in [-0.4, -0.2) is 20.7 Å². The van der Waals surface area contributed by atoms with Gasteiger partial charge in [-0.1, -0.05) is 27.3 Å². The van der Waals surface area contributed by atoms with Crippen LogP contribution >= 0.6 is 27.3 Å². The molecule has 124 valence electrons. The average molecular weight is 417 g/mol. The molecule has 2 aromatic carbocycles. The van der Waals surface area contributed by atoms with Gasteiger partial charge in [0.15, 0.2) is 0 Å². The molecule has 0 unspecified atom stereocenters. The number of fused-ring (bicyclic) bond motifs is 1. The second-order valence-electron chi connectivity index (χ2n) is 5.33. The first-order chi connectivity index (χ1) is 12.0. The molecule has 0 atom stereocenters. The van der Waals surface area contributed by atoms with Gasteiger partial charge in [0.2, 0.25) is 5.88 Å². The van der Waals surface area contributed by atoms with E-state index in [9.17, 15) is 19.8 Å². The molecule has 1 aliphatic rings. The van der Waals surface area contributed by atoms with Crippen molar-refractivity contribution in [2.24, 2.45) is 4.99 Å². The number of rotatable bonds is 2. The second-order valence-corrected chi connectivity index (χ2v) is 7.20. The van der Waals surface area contributed by atoms with E-state index in [0.29, 0.717) is 16.3 Å². The van der Waals surface area contributed by atoms with E-state index in [4.69, 9.17) is 0 Å². The summed E-state index contributed by atoms with van der Waals surface area (Å²) in [6.45, 7) is 0. The number of carbonyl (C=O) groups excluding carboxylic acids is 1. The lowest BCUT2D eigenvalue weighted by atomic mass is 10.1. The number of aromatic nitrogens is 1. The van der Waals surface area contributed by atoms with Crippen molar-refractivity contribution in [1.82, 2.24) is 4.57 Å². The van der Waals surface area contributed by atoms with Crippen LogP contribution in [0.15, 0.2) is 56.7 Å². The van der Waals surface area contributed by atoms with Crippen molar-refractivity contribution in [2.45, 2.75) is 0 Å². The van der Waals surface area contributed by atoms with Crippen molar-refractivity contribution in [3.63, 3.8) is 0 Å². The van der Waals surface area contributed by atoms with Crippen molar-refractivity contribution < 1.29 is 15.0 Å². The normalized spacial score (nSPS) is 13.0. The van der Waals surface area contributed by atoms with Gasteiger partial charge in [-0.15, -0.1) is 0 Å². The molecule has 2 N–H and O–H groups in total. The molecule has 1 amide bonds. The Morgan fingerprint density at radius 3 is 2.48 bits per heavy atom. The maximum atomic E-state index is 12.4. The van der Waals surface area contributed by atoms with Gasteiger partial charge in [-0.3, -0.25) is 9.59 Å². The van der Waals surface area contributed by atoms with Crippen molar-refractivity contribution in [3.8, 4) is 17.3 Å². The second kappa shape index (κ2) is 5.68. The summed E-state index contributed by atoms with van der Waals surface area (Å²) in [6, 6.07) is 11.0. The molecule has 0 bridgehead atoms. The number of hydrogen-bond acceptors (Lipinski definition) is 5. The zero-order valence-electron chi connectivity index (χ0n) is 12.4. The minimum atomic E-state index is -0.498. The number of halogens is 1. The van der Waals surface area contributed by atoms with E-state index < -0.39 is 10.8 Å². The summed E-state index contributed by atoms with van der Waals surface area (Å²) in [5.74, 6) is -0.778. The van der Waals surface area contributed by atoms with Crippen LogP contribution in [0.25, 0.3) is 11.3 Å². The van der Waals surface area contributed by atoms with Crippen molar-refractivity contribution >= 4 is 38.7 Å². The largest absolute Gasteiger partial charge is 0.508 e. The molecule has 0 saturated heterocycles. The topological polar surface area (TPSA) is 91.9 Å². The van der Waals surface area contributed by atoms with Crippen LogP contribution < -0.4 is 15.4 Å². The summed E-state index contributed by atoms with van der Waals surface area (Å²) in [5, 5.41) is 21.0. The molecule has 8 heteroatoms. The zero-order chi connectivity index (χ0) is 17.7. The highest BCUT2D eigenvalue weighted by Gasteiger charge is 2.26. The van der Waals surface area contributed by atoms with E-state index in [1.54, 1.807) is 18.2 Å². The van der Waals surface area contributed by atoms with Crippen LogP contribution in [0.3, 0.4) is 0 Å². The average Bonchev–Trinajstić information content (AvgIpc) is 3.04. The number of benzene rings is 2. The van der Waals surface area contributed by atoms with Crippen LogP contribution in [0.1, 0.15) is 4.88 Å². The van der Waals surface area contributed by atoms with Crippen LogP contribution in [0.5, 0.6) is 11.6 Å². The summed E-state index contributed by atoms with van der Waals surface area (Å²) in [4.78, 5) is 28.4.